The molecule has 0 aliphatic carbocycles. The zero-order valence-electron chi connectivity index (χ0n) is 13.9. The molecule has 0 spiro atoms. The van der Waals surface area contributed by atoms with Crippen LogP contribution in [0, 0.1) is 6.07 Å². The van der Waals surface area contributed by atoms with E-state index in [-0.39, 0.29) is 0 Å². The van der Waals surface area contributed by atoms with Crippen molar-refractivity contribution >= 4 is 5.69 Å². The molecule has 2 aliphatic heterocycles. The number of piperazine rings is 1. The molecular weight excluding hydrogens is 274 g/mol. The highest BCUT2D eigenvalue weighted by atomic mass is 16.5. The van der Waals surface area contributed by atoms with E-state index in [2.05, 4.69) is 33.9 Å². The number of nitrogens with zero attached hydrogens (tertiary/aromatic N) is 3. The largest absolute Gasteiger partial charge is 0.492 e. The number of anilines is 1. The smallest absolute Gasteiger partial charge is 0.143 e. The normalized spacial score (nSPS) is 22.0. The molecule has 2 aliphatic rings. The Labute approximate surface area is 134 Å². The van der Waals surface area contributed by atoms with Crippen molar-refractivity contribution in [1.82, 2.24) is 9.80 Å². The van der Waals surface area contributed by atoms with Gasteiger partial charge in [-0.15, -0.1) is 0 Å². The zero-order valence-corrected chi connectivity index (χ0v) is 13.9. The average molecular weight is 302 g/mol. The molecule has 0 atom stereocenters. The summed E-state index contributed by atoms with van der Waals surface area (Å²) >= 11 is 0. The molecule has 1 aromatic carbocycles. The van der Waals surface area contributed by atoms with Crippen LogP contribution in [0.15, 0.2) is 18.2 Å². The first kappa shape index (κ1) is 15.6. The summed E-state index contributed by atoms with van der Waals surface area (Å²) in [6.07, 6.45) is 2.52. The minimum absolute atomic E-state index is 0.711. The lowest BCUT2D eigenvalue weighted by Gasteiger charge is -2.42. The van der Waals surface area contributed by atoms with Gasteiger partial charge in [0, 0.05) is 45.3 Å². The molecule has 0 N–H and O–H groups in total. The van der Waals surface area contributed by atoms with Gasteiger partial charge in [-0.2, -0.15) is 0 Å². The molecule has 2 saturated heterocycles. The highest BCUT2D eigenvalue weighted by molar-refractivity contribution is 5.58. The Bertz CT molecular complexity index is 463. The van der Waals surface area contributed by atoms with Gasteiger partial charge in [0.05, 0.1) is 12.3 Å². The Hall–Kier alpha value is -1.26. The summed E-state index contributed by atoms with van der Waals surface area (Å²) < 4.78 is 5.76. The SMILES string of the molecule is CCOc1c[c]ccc1N1CCC(N2CCN(C)CC2)CC1. The van der Waals surface area contributed by atoms with Crippen LogP contribution < -0.4 is 9.64 Å². The fourth-order valence-electron chi connectivity index (χ4n) is 3.60. The van der Waals surface area contributed by atoms with E-state index in [0.717, 1.165) is 24.9 Å². The third-order valence-electron chi connectivity index (χ3n) is 4.96. The van der Waals surface area contributed by atoms with Gasteiger partial charge in [-0.05, 0) is 45.0 Å². The van der Waals surface area contributed by atoms with Crippen LogP contribution in [-0.2, 0) is 0 Å². The van der Waals surface area contributed by atoms with E-state index in [1.54, 1.807) is 0 Å². The van der Waals surface area contributed by atoms with E-state index < -0.39 is 0 Å². The number of hydrogen-bond acceptors (Lipinski definition) is 4. The van der Waals surface area contributed by atoms with Crippen LogP contribution >= 0.6 is 0 Å². The zero-order chi connectivity index (χ0) is 15.4. The quantitative estimate of drug-likeness (QED) is 0.848. The van der Waals surface area contributed by atoms with Crippen LogP contribution in [0.4, 0.5) is 5.69 Å². The van der Waals surface area contributed by atoms with Gasteiger partial charge in [-0.3, -0.25) is 4.90 Å². The maximum absolute atomic E-state index is 5.76. The lowest BCUT2D eigenvalue weighted by Crippen LogP contribution is -2.52. The molecule has 2 fully saturated rings. The molecule has 0 saturated carbocycles. The van der Waals surface area contributed by atoms with Crippen molar-refractivity contribution in [2.45, 2.75) is 25.8 Å². The van der Waals surface area contributed by atoms with E-state index >= 15 is 0 Å². The molecule has 1 radical (unpaired) electrons. The first-order chi connectivity index (χ1) is 10.8. The lowest BCUT2D eigenvalue weighted by molar-refractivity contribution is 0.0981. The first-order valence-electron chi connectivity index (χ1n) is 8.58. The van der Waals surface area contributed by atoms with Crippen LogP contribution in [-0.4, -0.2) is 68.8 Å². The van der Waals surface area contributed by atoms with E-state index in [1.165, 1.54) is 44.7 Å². The predicted molar refractivity (Wildman–Crippen MR) is 90.8 cm³/mol. The average Bonchev–Trinajstić information content (AvgIpc) is 2.57. The summed E-state index contributed by atoms with van der Waals surface area (Å²) in [5.74, 6) is 0.975. The summed E-state index contributed by atoms with van der Waals surface area (Å²) in [5.41, 5.74) is 1.23. The van der Waals surface area contributed by atoms with Crippen molar-refractivity contribution in [2.75, 3.05) is 57.8 Å². The molecule has 1 aromatic rings. The highest BCUT2D eigenvalue weighted by Crippen LogP contribution is 2.31. The minimum Gasteiger partial charge on any atom is -0.492 e. The van der Waals surface area contributed by atoms with E-state index in [1.807, 2.05) is 19.1 Å². The van der Waals surface area contributed by atoms with Crippen LogP contribution in [0.25, 0.3) is 0 Å². The molecular formula is C18H28N3O. The third-order valence-corrected chi connectivity index (χ3v) is 4.96. The van der Waals surface area contributed by atoms with Gasteiger partial charge in [0.2, 0.25) is 0 Å². The molecule has 2 heterocycles. The summed E-state index contributed by atoms with van der Waals surface area (Å²) in [7, 11) is 2.22. The minimum atomic E-state index is 0.711. The predicted octanol–water partition coefficient (Wildman–Crippen LogP) is 2.10. The first-order valence-corrected chi connectivity index (χ1v) is 8.58. The lowest BCUT2D eigenvalue weighted by atomic mass is 10.0. The summed E-state index contributed by atoms with van der Waals surface area (Å²) in [4.78, 5) is 7.60. The second-order valence-corrected chi connectivity index (χ2v) is 6.38. The van der Waals surface area contributed by atoms with Crippen LogP contribution in [0.3, 0.4) is 0 Å². The second kappa shape index (κ2) is 7.34. The Balaban J connectivity index is 1.58. The topological polar surface area (TPSA) is 19.0 Å². The molecule has 0 aromatic heterocycles. The highest BCUT2D eigenvalue weighted by Gasteiger charge is 2.27. The van der Waals surface area contributed by atoms with Crippen molar-refractivity contribution in [3.05, 3.63) is 24.3 Å². The van der Waals surface area contributed by atoms with Crippen molar-refractivity contribution in [1.29, 1.82) is 0 Å². The number of piperidine rings is 1. The third kappa shape index (κ3) is 3.55. The fourth-order valence-corrected chi connectivity index (χ4v) is 3.60. The van der Waals surface area contributed by atoms with Gasteiger partial charge in [0.25, 0.3) is 0 Å². The Morgan fingerprint density at radius 2 is 1.86 bits per heavy atom. The number of likely N-dealkylation sites (N-methyl/N-ethyl adjacent to an activating group) is 1. The Morgan fingerprint density at radius 1 is 1.14 bits per heavy atom. The van der Waals surface area contributed by atoms with Crippen LogP contribution in [0.2, 0.25) is 0 Å². The number of rotatable bonds is 4. The van der Waals surface area contributed by atoms with Gasteiger partial charge in [0.1, 0.15) is 5.75 Å². The van der Waals surface area contributed by atoms with E-state index in [4.69, 9.17) is 4.74 Å². The standard InChI is InChI=1S/C18H28N3O/c1-3-22-18-7-5-4-6-17(18)21-10-8-16(9-11-21)20-14-12-19(2)13-15-20/h4,6-7,16H,3,8-15H2,1-2H3. The maximum atomic E-state index is 5.76. The molecule has 0 unspecified atom stereocenters. The van der Waals surface area contributed by atoms with Crippen LogP contribution in [0.1, 0.15) is 19.8 Å². The van der Waals surface area contributed by atoms with Crippen molar-refractivity contribution in [3.8, 4) is 5.75 Å². The maximum Gasteiger partial charge on any atom is 0.143 e. The molecule has 121 valence electrons. The molecule has 0 amide bonds. The fraction of sp³-hybridized carbons (Fsp3) is 0.667. The molecule has 0 bridgehead atoms. The Morgan fingerprint density at radius 3 is 2.55 bits per heavy atom. The summed E-state index contributed by atoms with van der Waals surface area (Å²) in [6.45, 7) is 9.88. The summed E-state index contributed by atoms with van der Waals surface area (Å²) in [6, 6.07) is 9.98. The van der Waals surface area contributed by atoms with Gasteiger partial charge in [-0.1, -0.05) is 6.07 Å². The number of ether oxygens (including phenoxy) is 1. The molecule has 22 heavy (non-hydrogen) atoms. The number of benzene rings is 1. The van der Waals surface area contributed by atoms with Crippen molar-refractivity contribution in [2.24, 2.45) is 0 Å². The summed E-state index contributed by atoms with van der Waals surface area (Å²) in [5, 5.41) is 0. The molecule has 4 nitrogen and oxygen atoms in total. The monoisotopic (exact) mass is 302 g/mol. The second-order valence-electron chi connectivity index (χ2n) is 6.38. The van der Waals surface area contributed by atoms with Gasteiger partial charge in [-0.25, -0.2) is 0 Å². The van der Waals surface area contributed by atoms with Crippen molar-refractivity contribution < 1.29 is 4.74 Å². The van der Waals surface area contributed by atoms with Gasteiger partial charge < -0.3 is 14.5 Å². The van der Waals surface area contributed by atoms with Crippen LogP contribution in [0.5, 0.6) is 5.75 Å². The molecule has 3 rings (SSSR count). The number of hydrogen-bond donors (Lipinski definition) is 0. The Kier molecular flexibility index (Phi) is 5.21. The molecule has 4 heteroatoms. The van der Waals surface area contributed by atoms with Crippen molar-refractivity contribution in [3.63, 3.8) is 0 Å². The van der Waals surface area contributed by atoms with Gasteiger partial charge >= 0.3 is 0 Å². The van der Waals surface area contributed by atoms with Gasteiger partial charge in [0.15, 0.2) is 0 Å². The van der Waals surface area contributed by atoms with E-state index in [9.17, 15) is 0 Å². The van der Waals surface area contributed by atoms with E-state index in [0.29, 0.717) is 6.61 Å².